The fourth-order valence-corrected chi connectivity index (χ4v) is 4.40. The van der Waals surface area contributed by atoms with Crippen LogP contribution in [0.2, 0.25) is 0 Å². The van der Waals surface area contributed by atoms with Crippen LogP contribution < -0.4 is 10.1 Å². The molecular weight excluding hydrogens is 290 g/mol. The zero-order chi connectivity index (χ0) is 15.5. The van der Waals surface area contributed by atoms with Crippen molar-refractivity contribution in [3.63, 3.8) is 0 Å². The molecule has 2 atom stereocenters. The normalized spacial score (nSPS) is 22.1. The van der Waals surface area contributed by atoms with Gasteiger partial charge >= 0.3 is 0 Å². The molecule has 1 heterocycles. The molecule has 1 saturated heterocycles. The average molecular weight is 313 g/mol. The summed E-state index contributed by atoms with van der Waals surface area (Å²) >= 11 is 0. The maximum absolute atomic E-state index is 11.5. The minimum atomic E-state index is -2.85. The Morgan fingerprint density at radius 3 is 2.71 bits per heavy atom. The van der Waals surface area contributed by atoms with Crippen LogP contribution in [0.1, 0.15) is 30.5 Å². The SMILES string of the molecule is COCc1cc(C(C)NC2CCS(=O)(=O)C2)ccc1OC. The van der Waals surface area contributed by atoms with Crippen LogP contribution in [-0.4, -0.2) is 40.2 Å². The van der Waals surface area contributed by atoms with Gasteiger partial charge in [0.25, 0.3) is 0 Å². The summed E-state index contributed by atoms with van der Waals surface area (Å²) in [5, 5.41) is 3.40. The summed E-state index contributed by atoms with van der Waals surface area (Å²) in [7, 11) is 0.435. The number of hydrogen-bond donors (Lipinski definition) is 1. The van der Waals surface area contributed by atoms with Gasteiger partial charge in [-0.3, -0.25) is 0 Å². The lowest BCUT2D eigenvalue weighted by Gasteiger charge is -2.20. The first-order chi connectivity index (χ1) is 9.95. The van der Waals surface area contributed by atoms with Gasteiger partial charge in [0.2, 0.25) is 0 Å². The lowest BCUT2D eigenvalue weighted by Crippen LogP contribution is -2.32. The molecule has 0 aliphatic carbocycles. The Kier molecular flexibility index (Phi) is 5.24. The third-order valence-corrected chi connectivity index (χ3v) is 5.59. The van der Waals surface area contributed by atoms with Crippen molar-refractivity contribution in [2.24, 2.45) is 0 Å². The molecular formula is C15H23NO4S. The molecule has 2 unspecified atom stereocenters. The summed E-state index contributed by atoms with van der Waals surface area (Å²) in [5.74, 6) is 1.32. The highest BCUT2D eigenvalue weighted by Crippen LogP contribution is 2.25. The van der Waals surface area contributed by atoms with Gasteiger partial charge < -0.3 is 14.8 Å². The number of rotatable bonds is 6. The van der Waals surface area contributed by atoms with Crippen molar-refractivity contribution in [1.82, 2.24) is 5.32 Å². The van der Waals surface area contributed by atoms with Crippen molar-refractivity contribution in [2.75, 3.05) is 25.7 Å². The summed E-state index contributed by atoms with van der Waals surface area (Å²) < 4.78 is 33.5. The molecule has 1 aromatic carbocycles. The molecule has 1 N–H and O–H groups in total. The molecule has 1 aromatic rings. The van der Waals surface area contributed by atoms with Gasteiger partial charge in [0, 0.05) is 24.8 Å². The molecule has 0 spiro atoms. The van der Waals surface area contributed by atoms with Gasteiger partial charge in [-0.2, -0.15) is 0 Å². The van der Waals surface area contributed by atoms with Gasteiger partial charge in [0.15, 0.2) is 9.84 Å². The smallest absolute Gasteiger partial charge is 0.151 e. The summed E-state index contributed by atoms with van der Waals surface area (Å²) in [4.78, 5) is 0. The van der Waals surface area contributed by atoms with Crippen molar-refractivity contribution in [3.8, 4) is 5.75 Å². The van der Waals surface area contributed by atoms with Crippen molar-refractivity contribution < 1.29 is 17.9 Å². The van der Waals surface area contributed by atoms with E-state index in [2.05, 4.69) is 5.32 Å². The van der Waals surface area contributed by atoms with E-state index >= 15 is 0 Å². The molecule has 1 fully saturated rings. The average Bonchev–Trinajstić information content (AvgIpc) is 2.78. The van der Waals surface area contributed by atoms with Crippen molar-refractivity contribution in [3.05, 3.63) is 29.3 Å². The third-order valence-electron chi connectivity index (χ3n) is 3.82. The molecule has 2 rings (SSSR count). The van der Waals surface area contributed by atoms with Gasteiger partial charge in [-0.05, 0) is 31.0 Å². The Morgan fingerprint density at radius 2 is 2.14 bits per heavy atom. The molecule has 118 valence electrons. The lowest BCUT2D eigenvalue weighted by atomic mass is 10.0. The number of benzene rings is 1. The van der Waals surface area contributed by atoms with E-state index in [1.54, 1.807) is 14.2 Å². The number of methoxy groups -OCH3 is 2. The Bertz CT molecular complexity index is 585. The van der Waals surface area contributed by atoms with E-state index in [1.165, 1.54) is 0 Å². The largest absolute Gasteiger partial charge is 0.496 e. The van der Waals surface area contributed by atoms with E-state index in [4.69, 9.17) is 9.47 Å². The van der Waals surface area contributed by atoms with E-state index in [-0.39, 0.29) is 23.6 Å². The van der Waals surface area contributed by atoms with Gasteiger partial charge in [-0.15, -0.1) is 0 Å². The van der Waals surface area contributed by atoms with Gasteiger partial charge in [-0.25, -0.2) is 8.42 Å². The summed E-state index contributed by atoms with van der Waals surface area (Å²) in [6, 6.07) is 6.10. The third kappa shape index (κ3) is 4.18. The standard InChI is InChI=1S/C15H23NO4S/c1-11(16-14-6-7-21(17,18)10-14)12-4-5-15(20-3)13(8-12)9-19-2/h4-5,8,11,14,16H,6-7,9-10H2,1-3H3. The predicted octanol–water partition coefficient (Wildman–Crippen LogP) is 1.68. The summed E-state index contributed by atoms with van der Waals surface area (Å²) in [6.07, 6.45) is 0.688. The van der Waals surface area contributed by atoms with Crippen LogP contribution in [-0.2, 0) is 21.2 Å². The second kappa shape index (κ2) is 6.77. The maximum Gasteiger partial charge on any atom is 0.151 e. The maximum atomic E-state index is 11.5. The summed E-state index contributed by atoms with van der Waals surface area (Å²) in [5.41, 5.74) is 2.09. The molecule has 6 heteroatoms. The van der Waals surface area contributed by atoms with Crippen LogP contribution in [0.15, 0.2) is 18.2 Å². The van der Waals surface area contributed by atoms with Crippen molar-refractivity contribution in [1.29, 1.82) is 0 Å². The van der Waals surface area contributed by atoms with Crippen LogP contribution in [0.4, 0.5) is 0 Å². The van der Waals surface area contributed by atoms with Crippen LogP contribution in [0.5, 0.6) is 5.75 Å². The number of hydrogen-bond acceptors (Lipinski definition) is 5. The predicted molar refractivity (Wildman–Crippen MR) is 82.3 cm³/mol. The fourth-order valence-electron chi connectivity index (χ4n) is 2.71. The fraction of sp³-hybridized carbons (Fsp3) is 0.600. The van der Waals surface area contributed by atoms with Crippen LogP contribution >= 0.6 is 0 Å². The van der Waals surface area contributed by atoms with Crippen LogP contribution in [0.25, 0.3) is 0 Å². The lowest BCUT2D eigenvalue weighted by molar-refractivity contribution is 0.181. The first kappa shape index (κ1) is 16.3. The highest BCUT2D eigenvalue weighted by atomic mass is 32.2. The van der Waals surface area contributed by atoms with Crippen molar-refractivity contribution in [2.45, 2.75) is 32.0 Å². The Hall–Kier alpha value is -1.11. The topological polar surface area (TPSA) is 64.6 Å². The molecule has 0 radical (unpaired) electrons. The van der Waals surface area contributed by atoms with Gasteiger partial charge in [0.05, 0.1) is 25.2 Å². The highest BCUT2D eigenvalue weighted by molar-refractivity contribution is 7.91. The molecule has 1 aliphatic rings. The quantitative estimate of drug-likeness (QED) is 0.865. The van der Waals surface area contributed by atoms with Crippen LogP contribution in [0, 0.1) is 0 Å². The Labute approximate surface area is 126 Å². The number of ether oxygens (including phenoxy) is 2. The second-order valence-corrected chi connectivity index (χ2v) is 7.72. The molecule has 0 saturated carbocycles. The summed E-state index contributed by atoms with van der Waals surface area (Å²) in [6.45, 7) is 2.53. The van der Waals surface area contributed by atoms with E-state index < -0.39 is 9.84 Å². The molecule has 5 nitrogen and oxygen atoms in total. The number of sulfone groups is 1. The number of nitrogens with one attached hydrogen (secondary N) is 1. The van der Waals surface area contributed by atoms with E-state index in [9.17, 15) is 8.42 Å². The second-order valence-electron chi connectivity index (χ2n) is 5.49. The highest BCUT2D eigenvalue weighted by Gasteiger charge is 2.28. The van der Waals surface area contributed by atoms with E-state index in [0.29, 0.717) is 13.0 Å². The molecule has 0 aromatic heterocycles. The first-order valence-electron chi connectivity index (χ1n) is 7.07. The minimum Gasteiger partial charge on any atom is -0.496 e. The minimum absolute atomic E-state index is 0.0398. The first-order valence-corrected chi connectivity index (χ1v) is 8.89. The zero-order valence-electron chi connectivity index (χ0n) is 12.8. The molecule has 1 aliphatic heterocycles. The Balaban J connectivity index is 2.08. The van der Waals surface area contributed by atoms with Crippen molar-refractivity contribution >= 4 is 9.84 Å². The molecule has 0 bridgehead atoms. The van der Waals surface area contributed by atoms with Crippen LogP contribution in [0.3, 0.4) is 0 Å². The molecule has 21 heavy (non-hydrogen) atoms. The van der Waals surface area contributed by atoms with E-state index in [1.807, 2.05) is 25.1 Å². The monoisotopic (exact) mass is 313 g/mol. The van der Waals surface area contributed by atoms with Gasteiger partial charge in [0.1, 0.15) is 5.75 Å². The zero-order valence-corrected chi connectivity index (χ0v) is 13.6. The van der Waals surface area contributed by atoms with E-state index in [0.717, 1.165) is 16.9 Å². The van der Waals surface area contributed by atoms with Gasteiger partial charge in [-0.1, -0.05) is 6.07 Å². The molecule has 0 amide bonds. The Morgan fingerprint density at radius 1 is 1.38 bits per heavy atom.